The van der Waals surface area contributed by atoms with Crippen LogP contribution in [0.3, 0.4) is 0 Å². The highest BCUT2D eigenvalue weighted by molar-refractivity contribution is 7.16. The van der Waals surface area contributed by atoms with Crippen molar-refractivity contribution in [1.29, 1.82) is 5.26 Å². The van der Waals surface area contributed by atoms with Gasteiger partial charge >= 0.3 is 0 Å². The van der Waals surface area contributed by atoms with Crippen LogP contribution in [-0.2, 0) is 22.4 Å². The summed E-state index contributed by atoms with van der Waals surface area (Å²) in [7, 11) is 0. The molecule has 1 aliphatic rings. The zero-order valence-corrected chi connectivity index (χ0v) is 17.8. The van der Waals surface area contributed by atoms with Gasteiger partial charge in [-0.2, -0.15) is 5.26 Å². The van der Waals surface area contributed by atoms with E-state index in [9.17, 15) is 14.9 Å². The number of fused-ring (bicyclic) bond motifs is 1. The number of carbonyl (C=O) groups is 2. The van der Waals surface area contributed by atoms with E-state index in [0.29, 0.717) is 23.0 Å². The molecule has 0 fully saturated rings. The lowest BCUT2D eigenvalue weighted by molar-refractivity contribution is -0.881. The maximum Gasteiger partial charge on any atom is 0.280 e. The van der Waals surface area contributed by atoms with E-state index in [0.717, 1.165) is 29.7 Å². The lowest BCUT2D eigenvalue weighted by Crippen LogP contribution is -3.14. The molecule has 148 valence electrons. The summed E-state index contributed by atoms with van der Waals surface area (Å²) < 4.78 is 0. The van der Waals surface area contributed by atoms with Gasteiger partial charge < -0.3 is 15.5 Å². The number of nitriles is 1. The van der Waals surface area contributed by atoms with Gasteiger partial charge in [0.15, 0.2) is 13.1 Å². The van der Waals surface area contributed by atoms with E-state index in [1.165, 1.54) is 16.2 Å². The van der Waals surface area contributed by atoms with Crippen molar-refractivity contribution in [1.82, 2.24) is 5.32 Å². The van der Waals surface area contributed by atoms with E-state index >= 15 is 0 Å². The molecule has 0 aliphatic heterocycles. The number of hydrogen-bond donors (Lipinski definition) is 3. The molecule has 7 heteroatoms. The van der Waals surface area contributed by atoms with Crippen molar-refractivity contribution in [2.24, 2.45) is 5.92 Å². The fraction of sp³-hybridized carbons (Fsp3) is 0.650. The van der Waals surface area contributed by atoms with E-state index in [-0.39, 0.29) is 30.4 Å². The predicted molar refractivity (Wildman–Crippen MR) is 108 cm³/mol. The molecule has 1 unspecified atom stereocenters. The molecule has 0 bridgehead atoms. The average Bonchev–Trinajstić information content (AvgIpc) is 2.87. The van der Waals surface area contributed by atoms with Gasteiger partial charge in [0.2, 0.25) is 0 Å². The third-order valence-corrected chi connectivity index (χ3v) is 5.88. The van der Waals surface area contributed by atoms with Crippen LogP contribution in [0.1, 0.15) is 57.0 Å². The summed E-state index contributed by atoms with van der Waals surface area (Å²) in [5.41, 5.74) is 1.45. The Balaban J connectivity index is 2.00. The van der Waals surface area contributed by atoms with E-state index in [4.69, 9.17) is 0 Å². The van der Waals surface area contributed by atoms with Crippen molar-refractivity contribution in [3.05, 3.63) is 16.0 Å². The highest BCUT2D eigenvalue weighted by atomic mass is 32.1. The van der Waals surface area contributed by atoms with Crippen LogP contribution in [0.2, 0.25) is 0 Å². The summed E-state index contributed by atoms with van der Waals surface area (Å²) in [5.74, 6) is 0.400. The summed E-state index contributed by atoms with van der Waals surface area (Å²) in [6.45, 7) is 11.1. The van der Waals surface area contributed by atoms with E-state index in [2.05, 4.69) is 23.6 Å². The maximum absolute atomic E-state index is 12.5. The second kappa shape index (κ2) is 8.85. The largest absolute Gasteiger partial charge is 0.347 e. The molecule has 0 spiro atoms. The van der Waals surface area contributed by atoms with Crippen LogP contribution in [0.15, 0.2) is 0 Å². The molecule has 1 aromatic heterocycles. The van der Waals surface area contributed by atoms with Gasteiger partial charge in [-0.3, -0.25) is 9.59 Å². The molecule has 2 atom stereocenters. The summed E-state index contributed by atoms with van der Waals surface area (Å²) in [6.07, 6.45) is 2.97. The molecule has 1 heterocycles. The number of rotatable bonds is 6. The zero-order valence-electron chi connectivity index (χ0n) is 17.0. The Morgan fingerprint density at radius 1 is 1.30 bits per heavy atom. The Bertz CT molecular complexity index is 742. The van der Waals surface area contributed by atoms with Gasteiger partial charge in [0.25, 0.3) is 11.8 Å². The number of carbonyl (C=O) groups excluding carboxylic acids is 2. The Hall–Kier alpha value is -1.91. The Morgan fingerprint density at radius 2 is 1.96 bits per heavy atom. The summed E-state index contributed by atoms with van der Waals surface area (Å²) in [4.78, 5) is 26.8. The molecule has 1 aromatic rings. The minimum Gasteiger partial charge on any atom is -0.347 e. The van der Waals surface area contributed by atoms with Crippen LogP contribution in [0, 0.1) is 17.2 Å². The second-order valence-corrected chi connectivity index (χ2v) is 9.58. The van der Waals surface area contributed by atoms with Gasteiger partial charge in [-0.15, -0.1) is 11.3 Å². The quantitative estimate of drug-likeness (QED) is 0.687. The molecule has 27 heavy (non-hydrogen) atoms. The molecular formula is C20H31N4O2S+. The minimum absolute atomic E-state index is 0.0644. The van der Waals surface area contributed by atoms with E-state index < -0.39 is 0 Å². The van der Waals surface area contributed by atoms with Crippen molar-refractivity contribution in [2.45, 2.75) is 59.4 Å². The standard InChI is InChI=1S/C20H30N4O2S/c1-6-24(12-18(26)23-20(3,4)5)11-17(25)22-19-15(10-21)14-8-7-13(2)9-16(14)27-19/h13H,6-9,11-12H2,1-5H3,(H,22,25)(H,23,26)/p+1/t13-/m0/s1. The molecule has 6 nitrogen and oxygen atoms in total. The minimum atomic E-state index is -0.285. The monoisotopic (exact) mass is 391 g/mol. The maximum atomic E-state index is 12.5. The molecule has 1 aliphatic carbocycles. The Labute approximate surface area is 165 Å². The molecule has 0 aromatic carbocycles. The number of nitrogens with one attached hydrogen (secondary N) is 3. The van der Waals surface area contributed by atoms with Crippen molar-refractivity contribution >= 4 is 28.2 Å². The van der Waals surface area contributed by atoms with Gasteiger partial charge in [0, 0.05) is 10.4 Å². The molecule has 0 radical (unpaired) electrons. The zero-order chi connectivity index (χ0) is 20.2. The first-order valence-corrected chi connectivity index (χ1v) is 10.4. The van der Waals surface area contributed by atoms with Gasteiger partial charge in [-0.05, 0) is 58.4 Å². The SMILES string of the molecule is CC[NH+](CC(=O)Nc1sc2c(c1C#N)CC[C@H](C)C2)CC(=O)NC(C)(C)C. The van der Waals surface area contributed by atoms with Gasteiger partial charge in [0.1, 0.15) is 11.1 Å². The van der Waals surface area contributed by atoms with Crippen LogP contribution in [-0.4, -0.2) is 37.0 Å². The lowest BCUT2D eigenvalue weighted by Gasteiger charge is -2.22. The molecule has 0 saturated carbocycles. The van der Waals surface area contributed by atoms with Gasteiger partial charge in [-0.25, -0.2) is 0 Å². The molecule has 2 amide bonds. The number of anilines is 1. The second-order valence-electron chi connectivity index (χ2n) is 8.47. The molecule has 0 saturated heterocycles. The first-order valence-electron chi connectivity index (χ1n) is 9.62. The first kappa shape index (κ1) is 21.4. The highest BCUT2D eigenvalue weighted by Crippen LogP contribution is 2.39. The molecule has 2 rings (SSSR count). The number of quaternary nitrogens is 1. The third-order valence-electron chi connectivity index (χ3n) is 4.71. The first-order chi connectivity index (χ1) is 12.6. The summed E-state index contributed by atoms with van der Waals surface area (Å²) >= 11 is 1.53. The van der Waals surface area contributed by atoms with Crippen molar-refractivity contribution < 1.29 is 14.5 Å². The number of amides is 2. The van der Waals surface area contributed by atoms with Crippen LogP contribution in [0.25, 0.3) is 0 Å². The highest BCUT2D eigenvalue weighted by Gasteiger charge is 2.26. The Kier molecular flexibility index (Phi) is 7.01. The Morgan fingerprint density at radius 3 is 2.56 bits per heavy atom. The van der Waals surface area contributed by atoms with Crippen LogP contribution in [0.5, 0.6) is 0 Å². The van der Waals surface area contributed by atoms with Gasteiger partial charge in [0.05, 0.1) is 12.1 Å². The van der Waals surface area contributed by atoms with Crippen molar-refractivity contribution in [2.75, 3.05) is 25.0 Å². The normalized spacial score (nSPS) is 17.6. The van der Waals surface area contributed by atoms with E-state index in [1.54, 1.807) is 0 Å². The summed E-state index contributed by atoms with van der Waals surface area (Å²) in [5, 5.41) is 16.1. The summed E-state index contributed by atoms with van der Waals surface area (Å²) in [6, 6.07) is 2.27. The van der Waals surface area contributed by atoms with Gasteiger partial charge in [-0.1, -0.05) is 6.92 Å². The smallest absolute Gasteiger partial charge is 0.280 e. The number of nitrogens with zero attached hydrogens (tertiary/aromatic N) is 1. The van der Waals surface area contributed by atoms with E-state index in [1.807, 2.05) is 27.7 Å². The predicted octanol–water partition coefficient (Wildman–Crippen LogP) is 1.50. The topological polar surface area (TPSA) is 86.4 Å². The number of likely N-dealkylation sites (N-methyl/N-ethyl adjacent to an activating group) is 1. The van der Waals surface area contributed by atoms with Crippen LogP contribution >= 0.6 is 11.3 Å². The molecule has 3 N–H and O–H groups in total. The number of thiophene rings is 1. The lowest BCUT2D eigenvalue weighted by atomic mass is 9.89. The van der Waals surface area contributed by atoms with Crippen molar-refractivity contribution in [3.8, 4) is 6.07 Å². The third kappa shape index (κ3) is 6.05. The number of hydrogen-bond acceptors (Lipinski definition) is 4. The van der Waals surface area contributed by atoms with Crippen molar-refractivity contribution in [3.63, 3.8) is 0 Å². The fourth-order valence-corrected chi connectivity index (χ4v) is 4.73. The molecular weight excluding hydrogens is 360 g/mol. The fourth-order valence-electron chi connectivity index (χ4n) is 3.36. The van der Waals surface area contributed by atoms with Crippen LogP contribution in [0.4, 0.5) is 5.00 Å². The average molecular weight is 392 g/mol. The van der Waals surface area contributed by atoms with Crippen LogP contribution < -0.4 is 15.5 Å².